The monoisotopic (exact) mass is 643 g/mol. The van der Waals surface area contributed by atoms with Crippen molar-refractivity contribution in [3.63, 3.8) is 0 Å². The Hall–Kier alpha value is -4.08. The molecule has 3 aromatic heterocycles. The molecule has 238 valence electrons. The molecule has 0 amide bonds. The Morgan fingerprint density at radius 2 is 1.84 bits per heavy atom. The first-order chi connectivity index (χ1) is 21.4. The Morgan fingerprint density at radius 1 is 1.07 bits per heavy atom. The summed E-state index contributed by atoms with van der Waals surface area (Å²) in [7, 11) is -3.55. The zero-order valence-corrected chi connectivity index (χ0v) is 25.5. The highest BCUT2D eigenvalue weighted by molar-refractivity contribution is 7.92. The maximum Gasteiger partial charge on any atom is 0.418 e. The lowest BCUT2D eigenvalue weighted by Gasteiger charge is -2.31. The van der Waals surface area contributed by atoms with Crippen molar-refractivity contribution in [3.05, 3.63) is 64.7 Å². The number of alkyl halides is 3. The van der Waals surface area contributed by atoms with Gasteiger partial charge in [-0.3, -0.25) is 14.3 Å². The lowest BCUT2D eigenvalue weighted by atomic mass is 10.1. The lowest BCUT2D eigenvalue weighted by molar-refractivity contribution is -0.137. The van der Waals surface area contributed by atoms with E-state index >= 15 is 0 Å². The molecule has 45 heavy (non-hydrogen) atoms. The second-order valence-electron chi connectivity index (χ2n) is 11.3. The van der Waals surface area contributed by atoms with Crippen LogP contribution < -0.4 is 21.1 Å². The topological polar surface area (TPSA) is 131 Å². The molecule has 1 unspecified atom stereocenters. The summed E-state index contributed by atoms with van der Waals surface area (Å²) in [6.45, 7) is 5.99. The van der Waals surface area contributed by atoms with Gasteiger partial charge in [0.1, 0.15) is 5.65 Å². The van der Waals surface area contributed by atoms with Gasteiger partial charge in [-0.25, -0.2) is 13.4 Å². The highest BCUT2D eigenvalue weighted by Gasteiger charge is 2.35. The highest BCUT2D eigenvalue weighted by Crippen LogP contribution is 2.39. The van der Waals surface area contributed by atoms with Gasteiger partial charge in [-0.1, -0.05) is 0 Å². The third-order valence-electron chi connectivity index (χ3n) is 8.02. The molecule has 5 heterocycles. The number of nitrogens with one attached hydrogen (secondary N) is 2. The van der Waals surface area contributed by atoms with E-state index in [1.165, 1.54) is 35.2 Å². The molecule has 2 fully saturated rings. The molecule has 0 bridgehead atoms. The third kappa shape index (κ3) is 6.11. The van der Waals surface area contributed by atoms with Crippen molar-refractivity contribution in [2.45, 2.75) is 42.6 Å². The Balaban J connectivity index is 1.39. The second kappa shape index (κ2) is 12.0. The first kappa shape index (κ1) is 30.9. The van der Waals surface area contributed by atoms with Crippen LogP contribution in [0.4, 0.5) is 30.5 Å². The van der Waals surface area contributed by atoms with E-state index in [1.807, 2.05) is 0 Å². The van der Waals surface area contributed by atoms with Gasteiger partial charge in [0.15, 0.2) is 9.84 Å². The lowest BCUT2D eigenvalue weighted by Crippen LogP contribution is -2.44. The first-order valence-corrected chi connectivity index (χ1v) is 16.1. The molecule has 11 nitrogen and oxygen atoms in total. The van der Waals surface area contributed by atoms with Crippen molar-refractivity contribution >= 4 is 38.2 Å². The van der Waals surface area contributed by atoms with Crippen molar-refractivity contribution in [2.24, 2.45) is 0 Å². The van der Waals surface area contributed by atoms with Gasteiger partial charge in [0, 0.05) is 61.9 Å². The number of fused-ring (bicyclic) bond motifs is 1. The van der Waals surface area contributed by atoms with Crippen LogP contribution in [0.3, 0.4) is 0 Å². The number of halogens is 3. The fourth-order valence-corrected chi connectivity index (χ4v) is 6.56. The van der Waals surface area contributed by atoms with Crippen LogP contribution in [0, 0.1) is 0 Å². The number of pyridine rings is 2. The molecule has 2 N–H and O–H groups in total. The van der Waals surface area contributed by atoms with Crippen molar-refractivity contribution in [3.8, 4) is 11.3 Å². The van der Waals surface area contributed by atoms with Gasteiger partial charge in [0.2, 0.25) is 5.95 Å². The van der Waals surface area contributed by atoms with Gasteiger partial charge >= 0.3 is 6.18 Å². The van der Waals surface area contributed by atoms with Gasteiger partial charge in [0.25, 0.3) is 5.56 Å². The predicted molar refractivity (Wildman–Crippen MR) is 164 cm³/mol. The van der Waals surface area contributed by atoms with Crippen molar-refractivity contribution in [2.75, 3.05) is 49.6 Å². The summed E-state index contributed by atoms with van der Waals surface area (Å²) >= 11 is 0. The van der Waals surface area contributed by atoms with Gasteiger partial charge < -0.3 is 20.3 Å². The van der Waals surface area contributed by atoms with Gasteiger partial charge in [-0.15, -0.1) is 0 Å². The van der Waals surface area contributed by atoms with E-state index in [-0.39, 0.29) is 51.8 Å². The van der Waals surface area contributed by atoms with E-state index in [1.54, 1.807) is 30.9 Å². The minimum Gasteiger partial charge on any atom is -0.379 e. The summed E-state index contributed by atoms with van der Waals surface area (Å²) in [5.41, 5.74) is -0.122. The number of hydrogen-bond acceptors (Lipinski definition) is 10. The molecular formula is C30H32F3N7O4S. The van der Waals surface area contributed by atoms with E-state index in [2.05, 4.69) is 25.6 Å². The van der Waals surface area contributed by atoms with Crippen molar-refractivity contribution < 1.29 is 26.3 Å². The minimum absolute atomic E-state index is 0.0201. The van der Waals surface area contributed by atoms with Crippen LogP contribution in [-0.2, 0) is 20.8 Å². The van der Waals surface area contributed by atoms with E-state index in [4.69, 9.17) is 4.74 Å². The number of benzene rings is 1. The molecule has 0 saturated carbocycles. The molecule has 0 spiro atoms. The van der Waals surface area contributed by atoms with Crippen molar-refractivity contribution in [1.82, 2.24) is 24.8 Å². The Kier molecular flexibility index (Phi) is 8.26. The second-order valence-corrected chi connectivity index (χ2v) is 13.8. The van der Waals surface area contributed by atoms with Crippen LogP contribution in [0.15, 0.2) is 58.5 Å². The molecule has 15 heteroatoms. The molecule has 1 aromatic carbocycles. The summed E-state index contributed by atoms with van der Waals surface area (Å²) in [5, 5.41) is 5.89. The number of nitrogens with zero attached hydrogens (tertiary/aromatic N) is 5. The van der Waals surface area contributed by atoms with Gasteiger partial charge in [-0.2, -0.15) is 18.2 Å². The van der Waals surface area contributed by atoms with E-state index in [0.29, 0.717) is 44.6 Å². The number of aromatic nitrogens is 4. The molecule has 0 radical (unpaired) electrons. The number of ether oxygens (including phenoxy) is 1. The van der Waals surface area contributed by atoms with E-state index in [0.717, 1.165) is 6.07 Å². The van der Waals surface area contributed by atoms with Gasteiger partial charge in [-0.05, 0) is 56.7 Å². The van der Waals surface area contributed by atoms with Crippen molar-refractivity contribution in [1.29, 1.82) is 0 Å². The molecular weight excluding hydrogens is 611 g/mol. The highest BCUT2D eigenvalue weighted by atomic mass is 32.2. The van der Waals surface area contributed by atoms with Crippen LogP contribution in [0.1, 0.15) is 31.9 Å². The number of sulfone groups is 1. The summed E-state index contributed by atoms with van der Waals surface area (Å²) in [4.78, 5) is 28.9. The number of rotatable bonds is 7. The maximum absolute atomic E-state index is 14.1. The maximum atomic E-state index is 14.1. The Bertz CT molecular complexity index is 1890. The third-order valence-corrected chi connectivity index (χ3v) is 10.2. The smallest absolute Gasteiger partial charge is 0.379 e. The van der Waals surface area contributed by atoms with Crippen LogP contribution in [0.5, 0.6) is 0 Å². The van der Waals surface area contributed by atoms with Crippen LogP contribution >= 0.6 is 0 Å². The molecule has 4 aromatic rings. The van der Waals surface area contributed by atoms with Gasteiger partial charge in [0.05, 0.1) is 39.6 Å². The number of piperazine rings is 1. The minimum atomic E-state index is -4.58. The zero-order chi connectivity index (χ0) is 31.9. The fraction of sp³-hybridized carbons (Fsp3) is 0.400. The van der Waals surface area contributed by atoms with Crippen LogP contribution in [-0.4, -0.2) is 72.6 Å². The summed E-state index contributed by atoms with van der Waals surface area (Å²) in [6.07, 6.45) is -1.31. The quantitative estimate of drug-likeness (QED) is 0.303. The first-order valence-electron chi connectivity index (χ1n) is 14.6. The Labute approximate surface area is 257 Å². The summed E-state index contributed by atoms with van der Waals surface area (Å²) in [5.74, 6) is 0.0201. The summed E-state index contributed by atoms with van der Waals surface area (Å²) < 4.78 is 74.5. The molecule has 0 aliphatic carbocycles. The molecule has 2 aliphatic rings. The van der Waals surface area contributed by atoms with E-state index in [9.17, 15) is 26.4 Å². The van der Waals surface area contributed by atoms with Crippen LogP contribution in [0.25, 0.3) is 22.3 Å². The zero-order valence-electron chi connectivity index (χ0n) is 24.6. The SMILES string of the molecule is CC(C)S(=O)(=O)c1ccc(-c2cc3cnc(Nc4ccc(N5CCNCC5)c(C(F)(F)F)c4)nc3n(C3CCOC3)c2=O)nc1. The molecule has 2 saturated heterocycles. The van der Waals surface area contributed by atoms with E-state index < -0.39 is 32.4 Å². The standard InChI is InChI=1S/C30H32F3N7O4S/c1-18(2)45(42,43)22-4-5-25(35-16-22)23-13-19-15-36-29(38-27(19)40(28(23)41)21-7-12-44-17-21)37-20-3-6-26(24(14-20)30(31,32)33)39-10-8-34-9-11-39/h3-6,13-16,18,21,34H,7-12,17H2,1-2H3,(H,36,37,38). The average molecular weight is 644 g/mol. The molecule has 1 atom stereocenters. The normalized spacial score (nSPS) is 17.7. The molecule has 6 rings (SSSR count). The number of anilines is 3. The summed E-state index contributed by atoms with van der Waals surface area (Å²) in [6, 6.07) is 8.19. The number of hydrogen-bond donors (Lipinski definition) is 2. The average Bonchev–Trinajstić information content (AvgIpc) is 3.55. The predicted octanol–water partition coefficient (Wildman–Crippen LogP) is 4.17. The Morgan fingerprint density at radius 3 is 2.49 bits per heavy atom. The molecule has 2 aliphatic heterocycles. The largest absolute Gasteiger partial charge is 0.418 e. The van der Waals surface area contributed by atoms with Crippen LogP contribution in [0.2, 0.25) is 0 Å². The fourth-order valence-electron chi connectivity index (χ4n) is 5.56.